The topological polar surface area (TPSA) is 112 Å². The number of aromatic nitrogens is 3. The fourth-order valence-corrected chi connectivity index (χ4v) is 5.16. The lowest BCUT2D eigenvalue weighted by Crippen LogP contribution is -2.30. The van der Waals surface area contributed by atoms with Gasteiger partial charge in [-0.3, -0.25) is 4.98 Å². The van der Waals surface area contributed by atoms with Gasteiger partial charge in [0, 0.05) is 43.4 Å². The van der Waals surface area contributed by atoms with Crippen LogP contribution >= 0.6 is 0 Å². The first-order valence-corrected chi connectivity index (χ1v) is 13.7. The number of ether oxygens (including phenoxy) is 2. The van der Waals surface area contributed by atoms with Crippen LogP contribution in [0.1, 0.15) is 31.9 Å². The van der Waals surface area contributed by atoms with E-state index in [1.165, 1.54) is 29.1 Å². The van der Waals surface area contributed by atoms with Crippen molar-refractivity contribution in [1.82, 2.24) is 19.3 Å². The lowest BCUT2D eigenvalue weighted by molar-refractivity contribution is -0.157. The molecule has 4 aromatic rings. The Bertz CT molecular complexity index is 1490. The SMILES string of the molecule is CC(C)(C)OC(=O)COc1cccc(CN(Cc2ccc(-c3cncnc3)cc2)S(=O)(=O)c2cccnc2)c1. The summed E-state index contributed by atoms with van der Waals surface area (Å²) in [6.45, 7) is 5.31. The minimum Gasteiger partial charge on any atom is -0.482 e. The Morgan fingerprint density at radius 1 is 0.846 bits per heavy atom. The van der Waals surface area contributed by atoms with E-state index in [1.54, 1.807) is 57.4 Å². The molecule has 0 aliphatic rings. The molecule has 0 spiro atoms. The molecule has 0 amide bonds. The number of nitrogens with zero attached hydrogens (tertiary/aromatic N) is 4. The van der Waals surface area contributed by atoms with Crippen LogP contribution in [-0.2, 0) is 32.6 Å². The van der Waals surface area contributed by atoms with Gasteiger partial charge in [0.2, 0.25) is 10.0 Å². The van der Waals surface area contributed by atoms with Crippen molar-refractivity contribution in [3.05, 3.63) is 103 Å². The molecule has 0 N–H and O–H groups in total. The number of benzene rings is 2. The van der Waals surface area contributed by atoms with Gasteiger partial charge < -0.3 is 9.47 Å². The van der Waals surface area contributed by atoms with Crippen LogP contribution in [0.5, 0.6) is 5.75 Å². The van der Waals surface area contributed by atoms with Gasteiger partial charge in [-0.15, -0.1) is 0 Å². The number of carbonyl (C=O) groups is 1. The first-order valence-electron chi connectivity index (χ1n) is 12.3. The van der Waals surface area contributed by atoms with Crippen LogP contribution in [0.25, 0.3) is 11.1 Å². The first kappa shape index (κ1) is 27.9. The Balaban J connectivity index is 1.55. The summed E-state index contributed by atoms with van der Waals surface area (Å²) in [5, 5.41) is 0. The van der Waals surface area contributed by atoms with Crippen LogP contribution in [0.15, 0.2) is 96.7 Å². The Morgan fingerprint density at radius 3 is 2.23 bits per heavy atom. The largest absolute Gasteiger partial charge is 0.482 e. The first-order chi connectivity index (χ1) is 18.6. The lowest BCUT2D eigenvalue weighted by atomic mass is 10.1. The second kappa shape index (κ2) is 12.1. The van der Waals surface area contributed by atoms with E-state index in [4.69, 9.17) is 9.47 Å². The van der Waals surface area contributed by atoms with Crippen molar-refractivity contribution in [2.24, 2.45) is 0 Å². The van der Waals surface area contributed by atoms with Crippen LogP contribution in [0.3, 0.4) is 0 Å². The maximum Gasteiger partial charge on any atom is 0.344 e. The average molecular weight is 547 g/mol. The van der Waals surface area contributed by atoms with Crippen LogP contribution in [0.4, 0.5) is 0 Å². The van der Waals surface area contributed by atoms with Gasteiger partial charge in [-0.2, -0.15) is 4.31 Å². The average Bonchev–Trinajstić information content (AvgIpc) is 2.92. The van der Waals surface area contributed by atoms with Gasteiger partial charge in [0.15, 0.2) is 6.61 Å². The summed E-state index contributed by atoms with van der Waals surface area (Å²) in [7, 11) is -3.88. The molecule has 0 bridgehead atoms. The van der Waals surface area contributed by atoms with E-state index < -0.39 is 21.6 Å². The molecule has 2 aromatic heterocycles. The lowest BCUT2D eigenvalue weighted by Gasteiger charge is -2.23. The third-order valence-corrected chi connectivity index (χ3v) is 7.29. The van der Waals surface area contributed by atoms with Crippen molar-refractivity contribution in [3.8, 4) is 16.9 Å². The number of carbonyl (C=O) groups excluding carboxylic acids is 1. The van der Waals surface area contributed by atoms with Crippen LogP contribution in [0.2, 0.25) is 0 Å². The van der Waals surface area contributed by atoms with Gasteiger partial charge in [-0.05, 0) is 61.7 Å². The summed E-state index contributed by atoms with van der Waals surface area (Å²) in [6, 6.07) is 17.7. The molecule has 0 saturated carbocycles. The highest BCUT2D eigenvalue weighted by Gasteiger charge is 2.25. The summed E-state index contributed by atoms with van der Waals surface area (Å²) in [6.07, 6.45) is 7.77. The highest BCUT2D eigenvalue weighted by Crippen LogP contribution is 2.24. The summed E-state index contributed by atoms with van der Waals surface area (Å²) in [5.74, 6) is -0.0503. The van der Waals surface area contributed by atoms with E-state index in [9.17, 15) is 13.2 Å². The van der Waals surface area contributed by atoms with E-state index in [0.717, 1.165) is 16.7 Å². The van der Waals surface area contributed by atoms with Crippen LogP contribution in [0, 0.1) is 0 Å². The molecule has 0 atom stereocenters. The Hall–Kier alpha value is -4.15. The van der Waals surface area contributed by atoms with Crippen molar-refractivity contribution < 1.29 is 22.7 Å². The number of hydrogen-bond acceptors (Lipinski definition) is 8. The predicted octanol–water partition coefficient (Wildman–Crippen LogP) is 4.65. The van der Waals surface area contributed by atoms with E-state index in [2.05, 4.69) is 15.0 Å². The van der Waals surface area contributed by atoms with Gasteiger partial charge in [0.25, 0.3) is 0 Å². The number of hydrogen-bond donors (Lipinski definition) is 0. The zero-order valence-electron chi connectivity index (χ0n) is 22.0. The van der Waals surface area contributed by atoms with Crippen molar-refractivity contribution in [2.45, 2.75) is 44.4 Å². The monoisotopic (exact) mass is 546 g/mol. The highest BCUT2D eigenvalue weighted by molar-refractivity contribution is 7.89. The summed E-state index contributed by atoms with van der Waals surface area (Å²) in [5.41, 5.74) is 2.68. The molecule has 2 aromatic carbocycles. The van der Waals surface area contributed by atoms with Crippen LogP contribution < -0.4 is 4.74 Å². The van der Waals surface area contributed by atoms with Crippen LogP contribution in [-0.4, -0.2) is 45.9 Å². The molecule has 0 aliphatic heterocycles. The fraction of sp³-hybridized carbons (Fsp3) is 0.241. The molecule has 2 heterocycles. The highest BCUT2D eigenvalue weighted by atomic mass is 32.2. The predicted molar refractivity (Wildman–Crippen MR) is 146 cm³/mol. The number of pyridine rings is 1. The summed E-state index contributed by atoms with van der Waals surface area (Å²) >= 11 is 0. The summed E-state index contributed by atoms with van der Waals surface area (Å²) < 4.78 is 39.6. The van der Waals surface area contributed by atoms with Crippen molar-refractivity contribution in [2.75, 3.05) is 6.61 Å². The molecule has 0 radical (unpaired) electrons. The zero-order chi connectivity index (χ0) is 27.9. The van der Waals surface area contributed by atoms with Crippen molar-refractivity contribution >= 4 is 16.0 Å². The quantitative estimate of drug-likeness (QED) is 0.264. The van der Waals surface area contributed by atoms with Gasteiger partial charge in [0.05, 0.1) is 0 Å². The second-order valence-corrected chi connectivity index (χ2v) is 11.7. The fourth-order valence-electron chi connectivity index (χ4n) is 3.78. The Morgan fingerprint density at radius 2 is 1.56 bits per heavy atom. The van der Waals surface area contributed by atoms with Gasteiger partial charge in [-0.1, -0.05) is 36.4 Å². The number of sulfonamides is 1. The summed E-state index contributed by atoms with van der Waals surface area (Å²) in [4.78, 5) is 24.2. The molecule has 202 valence electrons. The molecule has 0 aliphatic carbocycles. The molecule has 10 heteroatoms. The molecular formula is C29H30N4O5S. The smallest absolute Gasteiger partial charge is 0.344 e. The standard InChI is InChI=1S/C29H30N4O5S/c1-29(2,3)38-28(34)20-37-26-7-4-6-23(14-26)19-33(39(35,36)27-8-5-13-30-17-27)18-22-9-11-24(12-10-22)25-15-31-21-32-16-25/h4-17,21H,18-20H2,1-3H3. The molecular weight excluding hydrogens is 516 g/mol. The molecule has 0 saturated heterocycles. The number of esters is 1. The maximum absolute atomic E-state index is 13.6. The minimum absolute atomic E-state index is 0.0785. The maximum atomic E-state index is 13.6. The third-order valence-electron chi connectivity index (χ3n) is 5.51. The van der Waals surface area contributed by atoms with Gasteiger partial charge in [-0.25, -0.2) is 23.2 Å². The van der Waals surface area contributed by atoms with E-state index >= 15 is 0 Å². The Labute approximate surface area is 228 Å². The Kier molecular flexibility index (Phi) is 8.68. The molecule has 9 nitrogen and oxygen atoms in total. The van der Waals surface area contributed by atoms with Gasteiger partial charge >= 0.3 is 5.97 Å². The second-order valence-electron chi connectivity index (χ2n) is 9.81. The molecule has 0 fully saturated rings. The zero-order valence-corrected chi connectivity index (χ0v) is 22.8. The molecule has 4 rings (SSSR count). The molecule has 39 heavy (non-hydrogen) atoms. The van der Waals surface area contributed by atoms with Crippen molar-refractivity contribution in [1.29, 1.82) is 0 Å². The van der Waals surface area contributed by atoms with E-state index in [-0.39, 0.29) is 24.6 Å². The van der Waals surface area contributed by atoms with E-state index in [0.29, 0.717) is 11.3 Å². The third kappa shape index (κ3) is 7.92. The number of rotatable bonds is 10. The van der Waals surface area contributed by atoms with E-state index in [1.807, 2.05) is 30.3 Å². The van der Waals surface area contributed by atoms with Gasteiger partial charge in [0.1, 0.15) is 22.6 Å². The minimum atomic E-state index is -3.88. The molecule has 0 unspecified atom stereocenters. The normalized spacial score (nSPS) is 11.8. The van der Waals surface area contributed by atoms with Crippen molar-refractivity contribution in [3.63, 3.8) is 0 Å².